The zero-order chi connectivity index (χ0) is 22.2. The van der Waals surface area contributed by atoms with Gasteiger partial charge in [0.25, 0.3) is 0 Å². The van der Waals surface area contributed by atoms with Gasteiger partial charge in [0.2, 0.25) is 5.91 Å². The fraction of sp³-hybridized carbons (Fsp3) is 0.480. The molecule has 0 aromatic heterocycles. The Morgan fingerprint density at radius 3 is 2.53 bits per heavy atom. The molecule has 2 saturated heterocycles. The predicted molar refractivity (Wildman–Crippen MR) is 129 cm³/mol. The number of benzene rings is 2. The normalized spacial score (nSPS) is 23.5. The van der Waals surface area contributed by atoms with Crippen LogP contribution in [0.1, 0.15) is 5.56 Å². The van der Waals surface area contributed by atoms with E-state index in [4.69, 9.17) is 16.3 Å². The van der Waals surface area contributed by atoms with Gasteiger partial charge in [-0.15, -0.1) is 0 Å². The van der Waals surface area contributed by atoms with Crippen molar-refractivity contribution in [2.75, 3.05) is 69.8 Å². The van der Waals surface area contributed by atoms with Crippen molar-refractivity contribution in [3.8, 4) is 5.75 Å². The third-order valence-corrected chi connectivity index (χ3v) is 7.57. The fourth-order valence-corrected chi connectivity index (χ4v) is 5.63. The minimum absolute atomic E-state index is 0.0652. The molecule has 5 rings (SSSR count). The fourth-order valence-electron chi connectivity index (χ4n) is 5.38. The topological polar surface area (TPSA) is 39.3 Å². The number of anilines is 2. The van der Waals surface area contributed by atoms with Crippen molar-refractivity contribution in [1.29, 1.82) is 0 Å². The number of ether oxygens (including phenoxy) is 1. The van der Waals surface area contributed by atoms with E-state index in [1.807, 2.05) is 24.3 Å². The van der Waals surface area contributed by atoms with Crippen LogP contribution in [0.4, 0.5) is 11.4 Å². The van der Waals surface area contributed by atoms with Crippen molar-refractivity contribution in [3.63, 3.8) is 0 Å². The summed E-state index contributed by atoms with van der Waals surface area (Å²) in [6.45, 7) is 5.99. The molecule has 170 valence electrons. The summed E-state index contributed by atoms with van der Waals surface area (Å²) in [6.07, 6.45) is 0.766. The molecule has 3 aliphatic heterocycles. The van der Waals surface area contributed by atoms with E-state index >= 15 is 0 Å². The smallest absolute Gasteiger partial charge is 0.228 e. The van der Waals surface area contributed by atoms with Crippen LogP contribution in [0, 0.1) is 5.92 Å². The van der Waals surface area contributed by atoms with Gasteiger partial charge >= 0.3 is 0 Å². The molecule has 1 amide bonds. The molecule has 2 fully saturated rings. The zero-order valence-electron chi connectivity index (χ0n) is 18.8. The van der Waals surface area contributed by atoms with Gasteiger partial charge < -0.3 is 24.3 Å². The Hall–Kier alpha value is -2.44. The lowest BCUT2D eigenvalue weighted by Crippen LogP contribution is -2.62. The van der Waals surface area contributed by atoms with Crippen molar-refractivity contribution in [2.45, 2.75) is 12.5 Å². The molecule has 0 bridgehead atoms. The van der Waals surface area contributed by atoms with Gasteiger partial charge in [0.15, 0.2) is 0 Å². The third-order valence-electron chi connectivity index (χ3n) is 7.25. The quantitative estimate of drug-likeness (QED) is 0.713. The van der Waals surface area contributed by atoms with Crippen LogP contribution in [0.15, 0.2) is 42.5 Å². The van der Waals surface area contributed by atoms with Crippen molar-refractivity contribution in [1.82, 2.24) is 9.80 Å². The van der Waals surface area contributed by atoms with E-state index in [0.29, 0.717) is 0 Å². The van der Waals surface area contributed by atoms with Gasteiger partial charge in [-0.2, -0.15) is 0 Å². The largest absolute Gasteiger partial charge is 0.497 e. The van der Waals surface area contributed by atoms with Crippen molar-refractivity contribution >= 4 is 28.9 Å². The van der Waals surface area contributed by atoms with E-state index in [2.05, 4.69) is 44.8 Å². The number of fused-ring (bicyclic) bond motifs is 3. The van der Waals surface area contributed by atoms with Gasteiger partial charge in [-0.25, -0.2) is 0 Å². The van der Waals surface area contributed by atoms with Crippen molar-refractivity contribution in [2.24, 2.45) is 5.92 Å². The van der Waals surface area contributed by atoms with Crippen molar-refractivity contribution < 1.29 is 9.53 Å². The van der Waals surface area contributed by atoms with Gasteiger partial charge in [0, 0.05) is 57.6 Å². The number of halogens is 1. The Morgan fingerprint density at radius 1 is 1.00 bits per heavy atom. The highest BCUT2D eigenvalue weighted by Gasteiger charge is 2.43. The predicted octanol–water partition coefficient (Wildman–Crippen LogP) is 2.99. The first kappa shape index (κ1) is 21.4. The molecule has 32 heavy (non-hydrogen) atoms. The maximum atomic E-state index is 13.8. The summed E-state index contributed by atoms with van der Waals surface area (Å²) < 4.78 is 5.51. The number of amides is 1. The highest BCUT2D eigenvalue weighted by atomic mass is 35.5. The first-order chi connectivity index (χ1) is 15.5. The number of para-hydroxylation sites is 1. The number of nitrogens with zero attached hydrogens (tertiary/aromatic N) is 4. The summed E-state index contributed by atoms with van der Waals surface area (Å²) in [6, 6.07) is 14.4. The van der Waals surface area contributed by atoms with Gasteiger partial charge in [-0.3, -0.25) is 4.79 Å². The number of methoxy groups -OCH3 is 1. The van der Waals surface area contributed by atoms with Crippen LogP contribution in [0.25, 0.3) is 0 Å². The minimum Gasteiger partial charge on any atom is -0.497 e. The molecule has 0 radical (unpaired) electrons. The van der Waals surface area contributed by atoms with E-state index < -0.39 is 0 Å². The Balaban J connectivity index is 1.47. The third kappa shape index (κ3) is 3.90. The number of rotatable bonds is 3. The highest BCUT2D eigenvalue weighted by molar-refractivity contribution is 6.33. The number of likely N-dealkylation sites (N-methyl/N-ethyl adjacent to an activating group) is 1. The maximum absolute atomic E-state index is 13.8. The second-order valence-corrected chi connectivity index (χ2v) is 9.50. The number of hydrogen-bond donors (Lipinski definition) is 0. The molecule has 2 aromatic carbocycles. The van der Waals surface area contributed by atoms with Gasteiger partial charge in [-0.1, -0.05) is 29.8 Å². The number of carbonyl (C=O) groups is 1. The van der Waals surface area contributed by atoms with Crippen LogP contribution >= 0.6 is 11.6 Å². The SMILES string of the molecule is COc1ccc2c(c1)N1CCN(c3ccccc3Cl)CC1C(C(=O)N1CCN(C)CC1)C2. The van der Waals surface area contributed by atoms with Gasteiger partial charge in [0.05, 0.1) is 29.8 Å². The monoisotopic (exact) mass is 454 g/mol. The summed E-state index contributed by atoms with van der Waals surface area (Å²) in [5.74, 6) is 1.08. The molecule has 2 aromatic rings. The highest BCUT2D eigenvalue weighted by Crippen LogP contribution is 2.40. The average Bonchev–Trinajstić information content (AvgIpc) is 2.83. The molecule has 0 aliphatic carbocycles. The number of carbonyl (C=O) groups excluding carboxylic acids is 1. The Morgan fingerprint density at radius 2 is 1.78 bits per heavy atom. The Labute approximate surface area is 195 Å². The second kappa shape index (κ2) is 8.83. The summed E-state index contributed by atoms with van der Waals surface area (Å²) in [5.41, 5.74) is 3.49. The second-order valence-electron chi connectivity index (χ2n) is 9.09. The lowest BCUT2D eigenvalue weighted by Gasteiger charge is -2.50. The van der Waals surface area contributed by atoms with E-state index in [1.54, 1.807) is 7.11 Å². The first-order valence-electron chi connectivity index (χ1n) is 11.5. The van der Waals surface area contributed by atoms with Crippen LogP contribution in [-0.4, -0.2) is 81.7 Å². The molecule has 3 aliphatic rings. The summed E-state index contributed by atoms with van der Waals surface area (Å²) in [7, 11) is 3.83. The molecule has 0 saturated carbocycles. The van der Waals surface area contributed by atoms with Crippen LogP contribution in [0.2, 0.25) is 5.02 Å². The minimum atomic E-state index is -0.0652. The number of hydrogen-bond acceptors (Lipinski definition) is 5. The zero-order valence-corrected chi connectivity index (χ0v) is 19.6. The van der Waals surface area contributed by atoms with E-state index in [-0.39, 0.29) is 17.9 Å². The lowest BCUT2D eigenvalue weighted by molar-refractivity contribution is -0.138. The molecule has 2 unspecified atom stereocenters. The summed E-state index contributed by atoms with van der Waals surface area (Å²) >= 11 is 6.54. The van der Waals surface area contributed by atoms with Crippen LogP contribution in [-0.2, 0) is 11.2 Å². The standard InChI is InChI=1S/C25H31ClN4O2/c1-27-9-11-28(12-10-27)25(31)20-15-18-7-8-19(32-2)16-23(18)30-14-13-29(17-24(20)30)22-6-4-3-5-21(22)26/h3-8,16,20,24H,9-15,17H2,1-2H3. The molecule has 2 atom stereocenters. The summed E-state index contributed by atoms with van der Waals surface area (Å²) in [4.78, 5) is 22.9. The van der Waals surface area contributed by atoms with Crippen LogP contribution < -0.4 is 14.5 Å². The number of piperazine rings is 2. The van der Waals surface area contributed by atoms with E-state index in [0.717, 1.165) is 68.7 Å². The van der Waals surface area contributed by atoms with E-state index in [1.165, 1.54) is 11.3 Å². The molecule has 7 heteroatoms. The molecular formula is C25H31ClN4O2. The van der Waals surface area contributed by atoms with Crippen LogP contribution in [0.3, 0.4) is 0 Å². The molecule has 0 spiro atoms. The first-order valence-corrected chi connectivity index (χ1v) is 11.8. The lowest BCUT2D eigenvalue weighted by atomic mass is 9.82. The maximum Gasteiger partial charge on any atom is 0.228 e. The Bertz CT molecular complexity index is 992. The van der Waals surface area contributed by atoms with Crippen LogP contribution in [0.5, 0.6) is 5.75 Å². The summed E-state index contributed by atoms with van der Waals surface area (Å²) in [5, 5.41) is 0.765. The van der Waals surface area contributed by atoms with E-state index in [9.17, 15) is 4.79 Å². The van der Waals surface area contributed by atoms with Gasteiger partial charge in [-0.05, 0) is 37.2 Å². The Kier molecular flexibility index (Phi) is 5.91. The average molecular weight is 455 g/mol. The molecule has 3 heterocycles. The molecule has 0 N–H and O–H groups in total. The molecular weight excluding hydrogens is 424 g/mol. The molecule has 6 nitrogen and oxygen atoms in total. The van der Waals surface area contributed by atoms with Gasteiger partial charge in [0.1, 0.15) is 5.75 Å². The van der Waals surface area contributed by atoms with Crippen molar-refractivity contribution in [3.05, 3.63) is 53.1 Å².